The maximum atomic E-state index is 13.1. The van der Waals surface area contributed by atoms with Crippen LogP contribution in [0.4, 0.5) is 0 Å². The molecule has 5 nitrogen and oxygen atoms in total. The predicted molar refractivity (Wildman–Crippen MR) is 115 cm³/mol. The molecule has 0 amide bonds. The molecule has 0 bridgehead atoms. The molecule has 5 rings (SSSR count). The van der Waals surface area contributed by atoms with E-state index in [1.54, 1.807) is 31.2 Å². The highest BCUT2D eigenvalue weighted by Gasteiger charge is 2.21. The van der Waals surface area contributed by atoms with Crippen LogP contribution in [0.2, 0.25) is 0 Å². The van der Waals surface area contributed by atoms with E-state index >= 15 is 0 Å². The zero-order valence-electron chi connectivity index (χ0n) is 15.5. The van der Waals surface area contributed by atoms with E-state index in [4.69, 9.17) is 0 Å². The maximum absolute atomic E-state index is 13.1. The molecule has 5 aromatic rings. The van der Waals surface area contributed by atoms with Gasteiger partial charge in [-0.15, -0.1) is 0 Å². The minimum atomic E-state index is -0.468. The minimum absolute atomic E-state index is 0.164. The van der Waals surface area contributed by atoms with Crippen molar-refractivity contribution >= 4 is 32.3 Å². The van der Waals surface area contributed by atoms with Gasteiger partial charge in [0, 0.05) is 21.5 Å². The first-order valence-corrected chi connectivity index (χ1v) is 9.28. The van der Waals surface area contributed by atoms with E-state index in [0.29, 0.717) is 10.8 Å². The summed E-state index contributed by atoms with van der Waals surface area (Å²) in [5, 5.41) is 1.30. The second-order valence-corrected chi connectivity index (χ2v) is 7.21. The molecule has 0 aliphatic rings. The Morgan fingerprint density at radius 2 is 1.03 bits per heavy atom. The predicted octanol–water partition coefficient (Wildman–Crippen LogP) is 2.87. The van der Waals surface area contributed by atoms with E-state index in [-0.39, 0.29) is 32.4 Å². The Labute approximate surface area is 163 Å². The highest BCUT2D eigenvalue weighted by atomic mass is 16.2. The van der Waals surface area contributed by atoms with Gasteiger partial charge in [0.2, 0.25) is 0 Å². The average Bonchev–Trinajstić information content (AvgIpc) is 3.00. The van der Waals surface area contributed by atoms with Crippen molar-refractivity contribution in [3.8, 4) is 0 Å². The number of hydrogen-bond donors (Lipinski definition) is 0. The molecule has 0 N–H and O–H groups in total. The van der Waals surface area contributed by atoms with Crippen LogP contribution in [0.1, 0.15) is 18.5 Å². The standard InChI is InChI=1S/C24H15NO4/c1-13(14-7-3-2-4-8-14)25-23(28)19-11-17-18(12-20(19)24(25)29)22(27)16-10-6-5-9-15(16)21(17)26/h2-13H,1H3/t13-/m0/s1. The minimum Gasteiger partial charge on any atom is -0.289 e. The van der Waals surface area contributed by atoms with E-state index in [0.717, 1.165) is 5.56 Å². The summed E-state index contributed by atoms with van der Waals surface area (Å²) in [4.78, 5) is 51.9. The molecule has 0 aliphatic carbocycles. The van der Waals surface area contributed by atoms with Gasteiger partial charge in [0.25, 0.3) is 11.1 Å². The van der Waals surface area contributed by atoms with Crippen molar-refractivity contribution < 1.29 is 0 Å². The Kier molecular flexibility index (Phi) is 3.61. The second kappa shape index (κ2) is 6.07. The van der Waals surface area contributed by atoms with E-state index in [1.807, 2.05) is 30.3 Å². The highest BCUT2D eigenvalue weighted by molar-refractivity contribution is 6.04. The first-order valence-electron chi connectivity index (χ1n) is 9.28. The summed E-state index contributed by atoms with van der Waals surface area (Å²) < 4.78 is 1.19. The molecular weight excluding hydrogens is 366 g/mol. The van der Waals surface area contributed by atoms with Crippen molar-refractivity contribution in [1.29, 1.82) is 0 Å². The van der Waals surface area contributed by atoms with Gasteiger partial charge < -0.3 is 0 Å². The van der Waals surface area contributed by atoms with Crippen molar-refractivity contribution in [2.75, 3.05) is 0 Å². The normalized spacial score (nSPS) is 12.7. The van der Waals surface area contributed by atoms with Gasteiger partial charge >= 0.3 is 0 Å². The van der Waals surface area contributed by atoms with Crippen LogP contribution in [-0.4, -0.2) is 4.57 Å². The quantitative estimate of drug-likeness (QED) is 0.441. The fraction of sp³-hybridized carbons (Fsp3) is 0.0833. The van der Waals surface area contributed by atoms with E-state index in [9.17, 15) is 19.2 Å². The van der Waals surface area contributed by atoms with Crippen molar-refractivity contribution in [2.24, 2.45) is 0 Å². The molecule has 1 heterocycles. The Morgan fingerprint density at radius 1 is 0.586 bits per heavy atom. The third-order valence-electron chi connectivity index (χ3n) is 5.63. The monoisotopic (exact) mass is 381 g/mol. The summed E-state index contributed by atoms with van der Waals surface area (Å²) in [6.07, 6.45) is 0. The van der Waals surface area contributed by atoms with Crippen LogP contribution in [0.3, 0.4) is 0 Å². The highest BCUT2D eigenvalue weighted by Crippen LogP contribution is 2.20. The van der Waals surface area contributed by atoms with Crippen LogP contribution in [0.25, 0.3) is 32.3 Å². The molecule has 0 radical (unpaired) electrons. The lowest BCUT2D eigenvalue weighted by molar-refractivity contribution is 0.610. The Bertz CT molecular complexity index is 1540. The summed E-state index contributed by atoms with van der Waals surface area (Å²) in [5.41, 5.74) is -0.710. The van der Waals surface area contributed by atoms with Gasteiger partial charge in [-0.05, 0) is 24.6 Å². The molecule has 0 saturated heterocycles. The molecule has 1 aromatic heterocycles. The van der Waals surface area contributed by atoms with E-state index in [2.05, 4.69) is 0 Å². The summed E-state index contributed by atoms with van der Waals surface area (Å²) in [5.74, 6) is 0. The topological polar surface area (TPSA) is 73.2 Å². The van der Waals surface area contributed by atoms with Gasteiger partial charge in [0.15, 0.2) is 10.9 Å². The fourth-order valence-electron chi connectivity index (χ4n) is 4.08. The Morgan fingerprint density at radius 3 is 1.52 bits per heavy atom. The van der Waals surface area contributed by atoms with Gasteiger partial charge in [-0.25, -0.2) is 0 Å². The lowest BCUT2D eigenvalue weighted by Crippen LogP contribution is -2.29. The molecule has 0 unspecified atom stereocenters. The lowest BCUT2D eigenvalue weighted by atomic mass is 10.0. The number of rotatable bonds is 2. The van der Waals surface area contributed by atoms with Gasteiger partial charge in [0.1, 0.15) is 0 Å². The number of benzene rings is 4. The summed E-state index contributed by atoms with van der Waals surface area (Å²) in [6.45, 7) is 1.78. The summed E-state index contributed by atoms with van der Waals surface area (Å²) >= 11 is 0. The van der Waals surface area contributed by atoms with Gasteiger partial charge in [-0.2, -0.15) is 0 Å². The molecule has 29 heavy (non-hydrogen) atoms. The first kappa shape index (κ1) is 17.3. The third kappa shape index (κ3) is 2.34. The van der Waals surface area contributed by atoms with Crippen molar-refractivity contribution in [3.05, 3.63) is 113 Å². The number of fused-ring (bicyclic) bond motifs is 3. The zero-order chi connectivity index (χ0) is 20.3. The molecule has 0 saturated carbocycles. The average molecular weight is 381 g/mol. The van der Waals surface area contributed by atoms with Crippen LogP contribution >= 0.6 is 0 Å². The number of nitrogens with zero attached hydrogens (tertiary/aromatic N) is 1. The van der Waals surface area contributed by atoms with Gasteiger partial charge in [-0.1, -0.05) is 54.6 Å². The van der Waals surface area contributed by atoms with Gasteiger partial charge in [0.05, 0.1) is 16.8 Å². The van der Waals surface area contributed by atoms with Crippen molar-refractivity contribution in [1.82, 2.24) is 4.57 Å². The Hall–Kier alpha value is -3.86. The number of hydrogen-bond acceptors (Lipinski definition) is 4. The third-order valence-corrected chi connectivity index (χ3v) is 5.63. The molecular formula is C24H15NO4. The van der Waals surface area contributed by atoms with Crippen LogP contribution < -0.4 is 22.0 Å². The fourth-order valence-corrected chi connectivity index (χ4v) is 4.08. The summed E-state index contributed by atoms with van der Waals surface area (Å²) in [7, 11) is 0. The second-order valence-electron chi connectivity index (χ2n) is 7.21. The Balaban J connectivity index is 1.91. The largest absolute Gasteiger partial charge is 0.289 e. The van der Waals surface area contributed by atoms with Crippen LogP contribution in [0.5, 0.6) is 0 Å². The maximum Gasteiger partial charge on any atom is 0.262 e. The molecule has 140 valence electrons. The lowest BCUT2D eigenvalue weighted by Gasteiger charge is -2.11. The van der Waals surface area contributed by atoms with Crippen molar-refractivity contribution in [2.45, 2.75) is 13.0 Å². The van der Waals surface area contributed by atoms with Crippen molar-refractivity contribution in [3.63, 3.8) is 0 Å². The molecule has 5 heteroatoms. The summed E-state index contributed by atoms with van der Waals surface area (Å²) in [6, 6.07) is 18.2. The van der Waals surface area contributed by atoms with Crippen LogP contribution in [0.15, 0.2) is 85.9 Å². The molecule has 0 spiro atoms. The molecule has 0 fully saturated rings. The zero-order valence-corrected chi connectivity index (χ0v) is 15.5. The van der Waals surface area contributed by atoms with Crippen LogP contribution in [-0.2, 0) is 0 Å². The van der Waals surface area contributed by atoms with E-state index < -0.39 is 17.2 Å². The smallest absolute Gasteiger partial charge is 0.262 e. The van der Waals surface area contributed by atoms with E-state index in [1.165, 1.54) is 16.7 Å². The first-order chi connectivity index (χ1) is 14.0. The van der Waals surface area contributed by atoms with Gasteiger partial charge in [-0.3, -0.25) is 23.7 Å². The van der Waals surface area contributed by atoms with Crippen LogP contribution in [0, 0.1) is 0 Å². The SMILES string of the molecule is C[C@@H](c1ccccc1)n1c(=O)c2cc3c(=O)c4ccccc4c(=O)c3cc2c1=O. The molecule has 1 atom stereocenters. The molecule has 4 aromatic carbocycles. The molecule has 0 aliphatic heterocycles. The number of aromatic nitrogens is 1.